The van der Waals surface area contributed by atoms with Crippen LogP contribution < -0.4 is 11.3 Å². The Hall–Kier alpha value is -3.25. The standard InChI is InChI=1S/C18H20N8O/c19-7-5-15(12-3-1-2-4-12)26-10-13(9-23-26)16-14-6-8-25(18(27)24-20)17(14)22-11-21-16/h6,8-12,15H,1-5,20H2,(H,24,27). The Morgan fingerprint density at radius 3 is 2.96 bits per heavy atom. The van der Waals surface area contributed by atoms with Crippen molar-refractivity contribution in [3.05, 3.63) is 31.0 Å². The molecule has 1 unspecified atom stereocenters. The van der Waals surface area contributed by atoms with Gasteiger partial charge in [0.2, 0.25) is 0 Å². The zero-order chi connectivity index (χ0) is 18.8. The summed E-state index contributed by atoms with van der Waals surface area (Å²) in [6, 6.07) is 3.68. The van der Waals surface area contributed by atoms with Crippen LogP contribution >= 0.6 is 0 Å². The van der Waals surface area contributed by atoms with Crippen molar-refractivity contribution in [3.8, 4) is 17.3 Å². The number of nitrogens with two attached hydrogens (primary N) is 1. The van der Waals surface area contributed by atoms with E-state index in [0.717, 1.165) is 23.8 Å². The van der Waals surface area contributed by atoms with Crippen LogP contribution in [-0.4, -0.2) is 30.3 Å². The molecule has 9 heteroatoms. The summed E-state index contributed by atoms with van der Waals surface area (Å²) in [4.78, 5) is 20.4. The van der Waals surface area contributed by atoms with Gasteiger partial charge in [0.1, 0.15) is 6.33 Å². The number of carbonyl (C=O) groups is 1. The Bertz CT molecular complexity index is 1010. The van der Waals surface area contributed by atoms with E-state index >= 15 is 0 Å². The largest absolute Gasteiger partial charge is 0.341 e. The highest BCUT2D eigenvalue weighted by molar-refractivity contribution is 5.96. The van der Waals surface area contributed by atoms with Crippen LogP contribution in [0.5, 0.6) is 0 Å². The lowest BCUT2D eigenvalue weighted by molar-refractivity contribution is 0.243. The Morgan fingerprint density at radius 2 is 2.22 bits per heavy atom. The van der Waals surface area contributed by atoms with Crippen molar-refractivity contribution < 1.29 is 4.79 Å². The first-order chi connectivity index (χ1) is 13.2. The molecule has 0 saturated heterocycles. The average Bonchev–Trinajstić information content (AvgIpc) is 3.45. The summed E-state index contributed by atoms with van der Waals surface area (Å²) in [5, 5.41) is 14.5. The molecule has 1 atom stereocenters. The molecule has 0 spiro atoms. The monoisotopic (exact) mass is 364 g/mol. The number of hydrogen-bond acceptors (Lipinski definition) is 6. The van der Waals surface area contributed by atoms with Gasteiger partial charge in [-0.25, -0.2) is 20.6 Å². The van der Waals surface area contributed by atoms with Crippen molar-refractivity contribution in [1.29, 1.82) is 5.26 Å². The fourth-order valence-electron chi connectivity index (χ4n) is 3.97. The molecular weight excluding hydrogens is 344 g/mol. The SMILES string of the molecule is N#CCC(C1CCCC1)n1cc(-c2ncnc3c2ccn3C(=O)NN)cn1. The van der Waals surface area contributed by atoms with Crippen LogP contribution in [0.3, 0.4) is 0 Å². The van der Waals surface area contributed by atoms with Crippen molar-refractivity contribution in [1.82, 2.24) is 29.7 Å². The molecule has 0 aliphatic heterocycles. The van der Waals surface area contributed by atoms with Crippen molar-refractivity contribution in [2.24, 2.45) is 11.8 Å². The lowest BCUT2D eigenvalue weighted by atomic mass is 9.96. The molecule has 4 rings (SSSR count). The highest BCUT2D eigenvalue weighted by Gasteiger charge is 2.27. The van der Waals surface area contributed by atoms with Gasteiger partial charge in [0.25, 0.3) is 0 Å². The van der Waals surface area contributed by atoms with Gasteiger partial charge in [0, 0.05) is 23.3 Å². The number of nitrogens with zero attached hydrogens (tertiary/aromatic N) is 6. The van der Waals surface area contributed by atoms with Gasteiger partial charge in [-0.05, 0) is 24.8 Å². The minimum atomic E-state index is -0.472. The average molecular weight is 364 g/mol. The van der Waals surface area contributed by atoms with Gasteiger partial charge in [-0.3, -0.25) is 14.7 Å². The lowest BCUT2D eigenvalue weighted by Crippen LogP contribution is -2.33. The molecule has 0 radical (unpaired) electrons. The Kier molecular flexibility index (Phi) is 4.56. The molecule has 3 aromatic rings. The van der Waals surface area contributed by atoms with Gasteiger partial charge in [-0.1, -0.05) is 12.8 Å². The van der Waals surface area contributed by atoms with E-state index in [9.17, 15) is 10.1 Å². The first-order valence-electron chi connectivity index (χ1n) is 8.97. The van der Waals surface area contributed by atoms with Gasteiger partial charge < -0.3 is 0 Å². The van der Waals surface area contributed by atoms with E-state index in [1.54, 1.807) is 18.5 Å². The molecule has 1 aliphatic carbocycles. The molecule has 0 bridgehead atoms. The van der Waals surface area contributed by atoms with E-state index in [2.05, 4.69) is 26.6 Å². The number of hydrogen-bond donors (Lipinski definition) is 2. The first-order valence-corrected chi connectivity index (χ1v) is 8.97. The summed E-state index contributed by atoms with van der Waals surface area (Å²) >= 11 is 0. The van der Waals surface area contributed by atoms with Gasteiger partial charge in [0.05, 0.1) is 30.4 Å². The van der Waals surface area contributed by atoms with Crippen LogP contribution in [0, 0.1) is 17.2 Å². The number of carbonyl (C=O) groups excluding carboxylic acids is 1. The van der Waals surface area contributed by atoms with Gasteiger partial charge >= 0.3 is 6.03 Å². The van der Waals surface area contributed by atoms with Crippen molar-refractivity contribution in [2.45, 2.75) is 38.1 Å². The molecule has 27 heavy (non-hydrogen) atoms. The van der Waals surface area contributed by atoms with Gasteiger partial charge in [0.15, 0.2) is 5.65 Å². The van der Waals surface area contributed by atoms with Crippen molar-refractivity contribution in [3.63, 3.8) is 0 Å². The summed E-state index contributed by atoms with van der Waals surface area (Å²) in [5.41, 5.74) is 4.09. The van der Waals surface area contributed by atoms with Crippen LogP contribution in [0.15, 0.2) is 31.0 Å². The molecule has 138 valence electrons. The molecule has 0 aromatic carbocycles. The van der Waals surface area contributed by atoms with E-state index in [4.69, 9.17) is 5.84 Å². The van der Waals surface area contributed by atoms with Crippen LogP contribution in [0.25, 0.3) is 22.3 Å². The van der Waals surface area contributed by atoms with Crippen LogP contribution in [0.2, 0.25) is 0 Å². The molecule has 3 heterocycles. The summed E-state index contributed by atoms with van der Waals surface area (Å²) in [7, 11) is 0. The minimum absolute atomic E-state index is 0.0798. The number of rotatable bonds is 4. The predicted octanol–water partition coefficient (Wildman–Crippen LogP) is 2.37. The summed E-state index contributed by atoms with van der Waals surface area (Å²) in [6.45, 7) is 0. The highest BCUT2D eigenvalue weighted by atomic mass is 16.2. The van der Waals surface area contributed by atoms with E-state index in [0.29, 0.717) is 23.7 Å². The summed E-state index contributed by atoms with van der Waals surface area (Å²) < 4.78 is 3.23. The second-order valence-electron chi connectivity index (χ2n) is 6.78. The number of hydrazine groups is 1. The molecular formula is C18H20N8O. The number of amides is 1. The highest BCUT2D eigenvalue weighted by Crippen LogP contribution is 2.36. The fraction of sp³-hybridized carbons (Fsp3) is 0.389. The first kappa shape index (κ1) is 17.2. The summed E-state index contributed by atoms with van der Waals surface area (Å²) in [6.07, 6.45) is 11.8. The Morgan fingerprint density at radius 1 is 1.41 bits per heavy atom. The van der Waals surface area contributed by atoms with Gasteiger partial charge in [-0.15, -0.1) is 0 Å². The maximum absolute atomic E-state index is 11.9. The van der Waals surface area contributed by atoms with E-state index in [1.807, 2.05) is 10.9 Å². The topological polar surface area (TPSA) is 127 Å². The summed E-state index contributed by atoms with van der Waals surface area (Å²) in [5.74, 6) is 5.71. The van der Waals surface area contributed by atoms with Crippen molar-refractivity contribution >= 4 is 17.1 Å². The lowest BCUT2D eigenvalue weighted by Gasteiger charge is -2.21. The molecule has 1 fully saturated rings. The van der Waals surface area contributed by atoms with Crippen LogP contribution in [0.1, 0.15) is 38.1 Å². The maximum Gasteiger partial charge on any atom is 0.341 e. The van der Waals surface area contributed by atoms with Crippen LogP contribution in [-0.2, 0) is 0 Å². The maximum atomic E-state index is 11.9. The Balaban J connectivity index is 1.72. The quantitative estimate of drug-likeness (QED) is 0.415. The second-order valence-corrected chi connectivity index (χ2v) is 6.78. The predicted molar refractivity (Wildman–Crippen MR) is 98.1 cm³/mol. The molecule has 9 nitrogen and oxygen atoms in total. The van der Waals surface area contributed by atoms with E-state index < -0.39 is 6.03 Å². The smallest absolute Gasteiger partial charge is 0.275 e. The molecule has 1 amide bonds. The second kappa shape index (κ2) is 7.17. The number of fused-ring (bicyclic) bond motifs is 1. The third-order valence-corrected chi connectivity index (χ3v) is 5.28. The zero-order valence-electron chi connectivity index (χ0n) is 14.7. The van der Waals surface area contributed by atoms with Crippen LogP contribution in [0.4, 0.5) is 4.79 Å². The third kappa shape index (κ3) is 3.04. The minimum Gasteiger partial charge on any atom is -0.275 e. The Labute approximate surface area is 155 Å². The van der Waals surface area contributed by atoms with E-state index in [1.165, 1.54) is 23.7 Å². The van der Waals surface area contributed by atoms with Gasteiger partial charge in [-0.2, -0.15) is 10.4 Å². The molecule has 1 saturated carbocycles. The normalized spacial score (nSPS) is 15.7. The molecule has 1 aliphatic rings. The number of nitriles is 1. The molecule has 3 N–H and O–H groups in total. The van der Waals surface area contributed by atoms with E-state index in [-0.39, 0.29) is 6.04 Å². The third-order valence-electron chi connectivity index (χ3n) is 5.28. The molecule has 3 aromatic heterocycles. The number of nitrogen functional groups attached to an aromatic ring is 1. The zero-order valence-corrected chi connectivity index (χ0v) is 14.7. The number of aromatic nitrogens is 5. The fourth-order valence-corrected chi connectivity index (χ4v) is 3.97. The van der Waals surface area contributed by atoms with Crippen molar-refractivity contribution in [2.75, 3.05) is 0 Å². The number of nitrogens with one attached hydrogen (secondary N) is 1.